The fourth-order valence-electron chi connectivity index (χ4n) is 2.03. The Morgan fingerprint density at radius 2 is 1.73 bits per heavy atom. The van der Waals surface area contributed by atoms with E-state index in [1.807, 2.05) is 24.3 Å². The Balaban J connectivity index is 2.24. The van der Waals surface area contributed by atoms with Crippen molar-refractivity contribution in [2.24, 2.45) is 0 Å². The van der Waals surface area contributed by atoms with Crippen LogP contribution in [0.3, 0.4) is 0 Å². The molecule has 5 nitrogen and oxygen atoms in total. The van der Waals surface area contributed by atoms with Crippen molar-refractivity contribution in [1.29, 1.82) is 0 Å². The fourth-order valence-corrected chi connectivity index (χ4v) is 3.33. The van der Waals surface area contributed by atoms with Gasteiger partial charge in [0.25, 0.3) is 0 Å². The standard InChI is InChI=1S/C15H8BrNO4S/c16-9-3-1-7(2-4-9)13-17-12-10(15(20)21)5-8(14(18)19)6-11(12)22-13/h1-6H,(H,18,19)(H,20,21). The van der Waals surface area contributed by atoms with Gasteiger partial charge in [-0.3, -0.25) is 0 Å². The second-order valence-corrected chi connectivity index (χ2v) is 6.45. The molecule has 0 aliphatic carbocycles. The molecule has 0 fully saturated rings. The Bertz CT molecular complexity index is 902. The minimum absolute atomic E-state index is 0.0593. The van der Waals surface area contributed by atoms with E-state index in [9.17, 15) is 14.7 Å². The Hall–Kier alpha value is -2.25. The van der Waals surface area contributed by atoms with Crippen LogP contribution in [0.5, 0.6) is 0 Å². The molecule has 0 amide bonds. The number of hydrogen-bond donors (Lipinski definition) is 2. The molecular weight excluding hydrogens is 370 g/mol. The zero-order valence-corrected chi connectivity index (χ0v) is 13.3. The Morgan fingerprint density at radius 3 is 2.32 bits per heavy atom. The van der Waals surface area contributed by atoms with Gasteiger partial charge < -0.3 is 10.2 Å². The lowest BCUT2D eigenvalue weighted by Gasteiger charge is -1.99. The summed E-state index contributed by atoms with van der Waals surface area (Å²) in [6, 6.07) is 10.0. The number of carbonyl (C=O) groups is 2. The zero-order chi connectivity index (χ0) is 15.9. The van der Waals surface area contributed by atoms with Gasteiger partial charge in [0.1, 0.15) is 5.01 Å². The number of nitrogens with zero attached hydrogens (tertiary/aromatic N) is 1. The number of benzene rings is 2. The number of aromatic nitrogens is 1. The Kier molecular flexibility index (Phi) is 3.67. The summed E-state index contributed by atoms with van der Waals surface area (Å²) in [5.74, 6) is -2.36. The SMILES string of the molecule is O=C(O)c1cc(C(=O)O)c2nc(-c3ccc(Br)cc3)sc2c1. The lowest BCUT2D eigenvalue weighted by molar-refractivity contribution is 0.0696. The summed E-state index contributed by atoms with van der Waals surface area (Å²) in [4.78, 5) is 26.8. The normalized spacial score (nSPS) is 10.8. The van der Waals surface area contributed by atoms with Crippen molar-refractivity contribution in [3.05, 3.63) is 52.0 Å². The van der Waals surface area contributed by atoms with Crippen LogP contribution < -0.4 is 0 Å². The van der Waals surface area contributed by atoms with Gasteiger partial charge in [0, 0.05) is 10.0 Å². The molecule has 2 N–H and O–H groups in total. The van der Waals surface area contributed by atoms with Gasteiger partial charge in [0.2, 0.25) is 0 Å². The topological polar surface area (TPSA) is 87.5 Å². The van der Waals surface area contributed by atoms with Gasteiger partial charge in [0.05, 0.1) is 21.3 Å². The summed E-state index contributed by atoms with van der Waals surface area (Å²) in [6.45, 7) is 0. The van der Waals surface area contributed by atoms with E-state index in [2.05, 4.69) is 20.9 Å². The quantitative estimate of drug-likeness (QED) is 0.716. The summed E-state index contributed by atoms with van der Waals surface area (Å²) in [6.07, 6.45) is 0. The maximum absolute atomic E-state index is 11.3. The van der Waals surface area contributed by atoms with Crippen LogP contribution in [0.4, 0.5) is 0 Å². The van der Waals surface area contributed by atoms with E-state index in [1.165, 1.54) is 17.4 Å². The first-order chi connectivity index (χ1) is 10.5. The number of carboxylic acid groups (broad SMARTS) is 2. The highest BCUT2D eigenvalue weighted by Gasteiger charge is 2.18. The van der Waals surface area contributed by atoms with Crippen molar-refractivity contribution in [2.45, 2.75) is 0 Å². The number of hydrogen-bond acceptors (Lipinski definition) is 4. The van der Waals surface area contributed by atoms with Gasteiger partial charge in [-0.25, -0.2) is 14.6 Å². The van der Waals surface area contributed by atoms with E-state index < -0.39 is 11.9 Å². The second-order valence-electron chi connectivity index (χ2n) is 4.51. The first-order valence-corrected chi connectivity index (χ1v) is 7.74. The fraction of sp³-hybridized carbons (Fsp3) is 0. The Labute approximate surface area is 137 Å². The van der Waals surface area contributed by atoms with Crippen molar-refractivity contribution >= 4 is 49.4 Å². The highest BCUT2D eigenvalue weighted by Crippen LogP contribution is 2.33. The molecule has 0 aliphatic rings. The number of carboxylic acids is 2. The molecule has 1 heterocycles. The van der Waals surface area contributed by atoms with Crippen LogP contribution in [0.25, 0.3) is 20.8 Å². The third-order valence-corrected chi connectivity index (χ3v) is 4.64. The molecule has 3 aromatic rings. The van der Waals surface area contributed by atoms with E-state index >= 15 is 0 Å². The summed E-state index contributed by atoms with van der Waals surface area (Å²) < 4.78 is 1.46. The van der Waals surface area contributed by atoms with Crippen molar-refractivity contribution in [1.82, 2.24) is 4.98 Å². The number of rotatable bonds is 3. The number of aromatic carboxylic acids is 2. The van der Waals surface area contributed by atoms with Crippen LogP contribution in [-0.2, 0) is 0 Å². The first kappa shape index (κ1) is 14.7. The smallest absolute Gasteiger partial charge is 0.337 e. The van der Waals surface area contributed by atoms with Crippen LogP contribution in [-0.4, -0.2) is 27.1 Å². The van der Waals surface area contributed by atoms with Gasteiger partial charge in [-0.15, -0.1) is 11.3 Å². The largest absolute Gasteiger partial charge is 0.478 e. The molecule has 22 heavy (non-hydrogen) atoms. The van der Waals surface area contributed by atoms with Gasteiger partial charge >= 0.3 is 11.9 Å². The highest BCUT2D eigenvalue weighted by molar-refractivity contribution is 9.10. The van der Waals surface area contributed by atoms with Gasteiger partial charge in [0.15, 0.2) is 0 Å². The summed E-state index contributed by atoms with van der Waals surface area (Å²) in [7, 11) is 0. The lowest BCUT2D eigenvalue weighted by Crippen LogP contribution is -2.02. The Morgan fingerprint density at radius 1 is 1.05 bits per heavy atom. The van der Waals surface area contributed by atoms with Crippen LogP contribution in [0.2, 0.25) is 0 Å². The maximum atomic E-state index is 11.3. The van der Waals surface area contributed by atoms with E-state index in [0.717, 1.165) is 16.1 Å². The summed E-state index contributed by atoms with van der Waals surface area (Å²) in [5.41, 5.74) is 0.989. The average molecular weight is 378 g/mol. The molecule has 0 spiro atoms. The van der Waals surface area contributed by atoms with Crippen molar-refractivity contribution in [3.8, 4) is 10.6 Å². The molecule has 3 rings (SSSR count). The third-order valence-electron chi connectivity index (χ3n) is 3.06. The molecule has 0 aliphatic heterocycles. The third kappa shape index (κ3) is 2.60. The molecule has 0 atom stereocenters. The maximum Gasteiger partial charge on any atom is 0.337 e. The second kappa shape index (κ2) is 5.51. The van der Waals surface area contributed by atoms with E-state index in [4.69, 9.17) is 5.11 Å². The molecule has 110 valence electrons. The molecule has 0 saturated heterocycles. The number of fused-ring (bicyclic) bond motifs is 1. The van der Waals surface area contributed by atoms with Crippen molar-refractivity contribution < 1.29 is 19.8 Å². The predicted octanol–water partition coefficient (Wildman–Crippen LogP) is 4.12. The van der Waals surface area contributed by atoms with E-state index in [-0.39, 0.29) is 11.1 Å². The molecule has 7 heteroatoms. The first-order valence-electron chi connectivity index (χ1n) is 6.13. The molecule has 0 unspecified atom stereocenters. The number of halogens is 1. The average Bonchev–Trinajstić information content (AvgIpc) is 2.90. The van der Waals surface area contributed by atoms with Crippen molar-refractivity contribution in [2.75, 3.05) is 0 Å². The van der Waals surface area contributed by atoms with Crippen LogP contribution >= 0.6 is 27.3 Å². The predicted molar refractivity (Wildman–Crippen MR) is 86.7 cm³/mol. The minimum Gasteiger partial charge on any atom is -0.478 e. The van der Waals surface area contributed by atoms with Crippen LogP contribution in [0, 0.1) is 0 Å². The van der Waals surface area contributed by atoms with Crippen molar-refractivity contribution in [3.63, 3.8) is 0 Å². The van der Waals surface area contributed by atoms with Gasteiger partial charge in [-0.1, -0.05) is 28.1 Å². The molecule has 0 bridgehead atoms. The van der Waals surface area contributed by atoms with E-state index in [0.29, 0.717) is 15.2 Å². The van der Waals surface area contributed by atoms with Gasteiger partial charge in [-0.05, 0) is 24.3 Å². The van der Waals surface area contributed by atoms with Crippen LogP contribution in [0.15, 0.2) is 40.9 Å². The molecular formula is C15H8BrNO4S. The summed E-state index contributed by atoms with van der Waals surface area (Å²) >= 11 is 4.62. The highest BCUT2D eigenvalue weighted by atomic mass is 79.9. The lowest BCUT2D eigenvalue weighted by atomic mass is 10.1. The number of thiazole rings is 1. The molecule has 1 aromatic heterocycles. The monoisotopic (exact) mass is 377 g/mol. The molecule has 2 aromatic carbocycles. The zero-order valence-electron chi connectivity index (χ0n) is 10.9. The van der Waals surface area contributed by atoms with E-state index in [1.54, 1.807) is 0 Å². The minimum atomic E-state index is -1.19. The molecule has 0 radical (unpaired) electrons. The summed E-state index contributed by atoms with van der Waals surface area (Å²) in [5, 5.41) is 19.0. The molecule has 0 saturated carbocycles. The van der Waals surface area contributed by atoms with Gasteiger partial charge in [-0.2, -0.15) is 0 Å². The van der Waals surface area contributed by atoms with Crippen LogP contribution in [0.1, 0.15) is 20.7 Å².